The molecule has 11 heteroatoms. The molecule has 4 heterocycles. The van der Waals surface area contributed by atoms with Crippen molar-refractivity contribution in [3.05, 3.63) is 65.1 Å². The van der Waals surface area contributed by atoms with Crippen LogP contribution in [0.25, 0.3) is 10.8 Å². The molecule has 47 heavy (non-hydrogen) atoms. The Morgan fingerprint density at radius 1 is 1.13 bits per heavy atom. The Hall–Kier alpha value is -4.38. The molecule has 0 N–H and O–H groups in total. The molecule has 2 saturated heterocycles. The first-order valence-electron chi connectivity index (χ1n) is 16.3. The second kappa shape index (κ2) is 14.6. The largest absolute Gasteiger partial charge is 0.462 e. The van der Waals surface area contributed by atoms with Crippen LogP contribution in [0.5, 0.6) is 6.01 Å². The number of hydrogen-bond donors (Lipinski definition) is 0. The number of nitrogens with zero attached hydrogens (tertiary/aromatic N) is 7. The van der Waals surface area contributed by atoms with Crippen LogP contribution in [0.2, 0.25) is 5.02 Å². The summed E-state index contributed by atoms with van der Waals surface area (Å²) in [6.07, 6.45) is 10.1. The number of benzene rings is 2. The highest BCUT2D eigenvalue weighted by molar-refractivity contribution is 6.36. The van der Waals surface area contributed by atoms with E-state index in [1.165, 1.54) is 4.90 Å². The van der Waals surface area contributed by atoms with Gasteiger partial charge >= 0.3 is 6.01 Å². The van der Waals surface area contributed by atoms with Crippen molar-refractivity contribution < 1.29 is 13.9 Å². The Morgan fingerprint density at radius 2 is 1.96 bits per heavy atom. The summed E-state index contributed by atoms with van der Waals surface area (Å²) in [5.74, 6) is 1.68. The number of ether oxygens (including phenoxy) is 1. The number of piperazine rings is 1. The van der Waals surface area contributed by atoms with E-state index >= 15 is 0 Å². The first-order chi connectivity index (χ1) is 22.9. The number of carbonyl (C=O) groups is 1. The second-order valence-corrected chi connectivity index (χ2v) is 12.8. The number of rotatable bonds is 10. The van der Waals surface area contributed by atoms with Crippen LogP contribution in [0.3, 0.4) is 0 Å². The number of unbranched alkanes of at least 4 members (excludes halogenated alkanes) is 1. The molecular weight excluding hydrogens is 617 g/mol. The monoisotopic (exact) mass is 655 g/mol. The lowest BCUT2D eigenvalue weighted by molar-refractivity contribution is -0.131. The maximum absolute atomic E-state index is 13.9. The van der Waals surface area contributed by atoms with Crippen molar-refractivity contribution in [1.82, 2.24) is 19.8 Å². The first-order valence-corrected chi connectivity index (χ1v) is 16.6. The Kier molecular flexibility index (Phi) is 10.1. The van der Waals surface area contributed by atoms with E-state index < -0.39 is 17.8 Å². The highest BCUT2D eigenvalue weighted by Gasteiger charge is 2.35. The van der Waals surface area contributed by atoms with Crippen molar-refractivity contribution in [2.24, 2.45) is 0 Å². The number of carbonyl (C=O) groups excluding carboxylic acids is 1. The zero-order valence-corrected chi connectivity index (χ0v) is 27.3. The molecule has 2 unspecified atom stereocenters. The van der Waals surface area contributed by atoms with Gasteiger partial charge in [-0.25, -0.2) is 4.39 Å². The van der Waals surface area contributed by atoms with E-state index in [2.05, 4.69) is 51.5 Å². The lowest BCUT2D eigenvalue weighted by Gasteiger charge is -2.42. The minimum absolute atomic E-state index is 0.0684. The van der Waals surface area contributed by atoms with Crippen LogP contribution < -0.4 is 14.5 Å². The summed E-state index contributed by atoms with van der Waals surface area (Å²) in [5.41, 5.74) is 2.93. The molecule has 0 spiro atoms. The van der Waals surface area contributed by atoms with Crippen molar-refractivity contribution in [2.75, 3.05) is 55.7 Å². The summed E-state index contributed by atoms with van der Waals surface area (Å²) in [6, 6.07) is 14.4. The number of amides is 1. The van der Waals surface area contributed by atoms with Gasteiger partial charge in [0, 0.05) is 55.3 Å². The summed E-state index contributed by atoms with van der Waals surface area (Å²) >= 11 is 6.71. The van der Waals surface area contributed by atoms with Crippen LogP contribution in [0.15, 0.2) is 48.8 Å². The van der Waals surface area contributed by atoms with E-state index in [1.807, 2.05) is 18.2 Å². The standard InChI is InChI=1S/C36H39ClFN7O2/c1-3-4-5-17-42-18-8-11-28(42)24-47-36-40-31-23-43(32-13-7-10-26-9-6-12-30(37)33(26)32)19-15-29(31)34(41-36)44-20-21-45(35(46)25(2)38)27(22-44)14-16-39/h1,6-7,9-10,12-13,27-28H,2,4-5,8,11,14-15,17-24H2. The number of halogens is 2. The zero-order valence-electron chi connectivity index (χ0n) is 26.5. The van der Waals surface area contributed by atoms with Crippen molar-refractivity contribution in [3.63, 3.8) is 0 Å². The van der Waals surface area contributed by atoms with E-state index in [1.54, 1.807) is 0 Å². The molecule has 2 aromatic carbocycles. The molecule has 2 atom stereocenters. The first kappa shape index (κ1) is 32.6. The van der Waals surface area contributed by atoms with Gasteiger partial charge < -0.3 is 19.4 Å². The van der Waals surface area contributed by atoms with Gasteiger partial charge in [0.1, 0.15) is 12.4 Å². The van der Waals surface area contributed by atoms with Gasteiger partial charge in [-0.3, -0.25) is 9.69 Å². The average Bonchev–Trinajstić information content (AvgIpc) is 3.53. The summed E-state index contributed by atoms with van der Waals surface area (Å²) in [7, 11) is 0. The van der Waals surface area contributed by atoms with Gasteiger partial charge in [-0.05, 0) is 56.3 Å². The molecule has 0 bridgehead atoms. The number of likely N-dealkylation sites (tertiary alicyclic amines) is 1. The van der Waals surface area contributed by atoms with Crippen LogP contribution in [0.4, 0.5) is 15.9 Å². The number of anilines is 2. The van der Waals surface area contributed by atoms with Crippen LogP contribution in [0, 0.1) is 23.7 Å². The Labute approximate surface area is 280 Å². The van der Waals surface area contributed by atoms with Gasteiger partial charge in [0.15, 0.2) is 5.83 Å². The fourth-order valence-corrected chi connectivity index (χ4v) is 7.42. The smallest absolute Gasteiger partial charge is 0.318 e. The third-order valence-corrected chi connectivity index (χ3v) is 9.78. The van der Waals surface area contributed by atoms with E-state index in [4.69, 9.17) is 32.7 Å². The van der Waals surface area contributed by atoms with Crippen LogP contribution >= 0.6 is 11.6 Å². The van der Waals surface area contributed by atoms with Crippen LogP contribution in [0.1, 0.15) is 43.4 Å². The number of nitriles is 1. The van der Waals surface area contributed by atoms with Crippen LogP contribution in [-0.2, 0) is 17.8 Å². The normalized spacial score (nSPS) is 19.7. The van der Waals surface area contributed by atoms with Gasteiger partial charge in [0.05, 0.1) is 35.8 Å². The fourth-order valence-electron chi connectivity index (χ4n) is 7.14. The summed E-state index contributed by atoms with van der Waals surface area (Å²) in [6.45, 7) is 7.89. The van der Waals surface area contributed by atoms with Crippen LogP contribution in [-0.4, -0.2) is 83.6 Å². The SMILES string of the molecule is C#CCCCN1CCCC1COc1nc2c(c(N3CCN(C(=O)C(=C)F)C(CC#N)C3)n1)CCN(c1cccc3cccc(Cl)c13)C2. The van der Waals surface area contributed by atoms with E-state index in [0.717, 1.165) is 78.9 Å². The molecule has 2 fully saturated rings. The van der Waals surface area contributed by atoms with Crippen molar-refractivity contribution in [2.45, 2.75) is 57.2 Å². The highest BCUT2D eigenvalue weighted by atomic mass is 35.5. The minimum Gasteiger partial charge on any atom is -0.462 e. The van der Waals surface area contributed by atoms with E-state index in [0.29, 0.717) is 43.7 Å². The van der Waals surface area contributed by atoms with Crippen molar-refractivity contribution in [3.8, 4) is 24.4 Å². The molecule has 1 amide bonds. The lowest BCUT2D eigenvalue weighted by atomic mass is 10.0. The predicted octanol–water partition coefficient (Wildman–Crippen LogP) is 5.52. The Balaban J connectivity index is 1.31. The Morgan fingerprint density at radius 3 is 2.74 bits per heavy atom. The third-order valence-electron chi connectivity index (χ3n) is 9.47. The average molecular weight is 656 g/mol. The van der Waals surface area contributed by atoms with E-state index in [-0.39, 0.29) is 19.0 Å². The van der Waals surface area contributed by atoms with Gasteiger partial charge in [-0.15, -0.1) is 12.3 Å². The maximum atomic E-state index is 13.9. The maximum Gasteiger partial charge on any atom is 0.318 e. The molecule has 0 aliphatic carbocycles. The second-order valence-electron chi connectivity index (χ2n) is 12.4. The number of terminal acetylenes is 1. The molecule has 9 nitrogen and oxygen atoms in total. The van der Waals surface area contributed by atoms with Gasteiger partial charge in [0.25, 0.3) is 5.91 Å². The molecule has 3 aromatic rings. The fraction of sp³-hybridized carbons (Fsp3) is 0.444. The highest BCUT2D eigenvalue weighted by Crippen LogP contribution is 2.37. The molecule has 0 saturated carbocycles. The Bertz CT molecular complexity index is 1730. The molecule has 3 aliphatic rings. The van der Waals surface area contributed by atoms with Gasteiger partial charge in [-0.2, -0.15) is 15.2 Å². The number of hydrogen-bond acceptors (Lipinski definition) is 8. The number of aromatic nitrogens is 2. The van der Waals surface area contributed by atoms with Gasteiger partial charge in [-0.1, -0.05) is 42.4 Å². The molecule has 6 rings (SSSR count). The molecular formula is C36H39ClFN7O2. The predicted molar refractivity (Wildman–Crippen MR) is 182 cm³/mol. The van der Waals surface area contributed by atoms with Gasteiger partial charge in [0.2, 0.25) is 0 Å². The number of fused-ring (bicyclic) bond motifs is 2. The minimum atomic E-state index is -1.02. The van der Waals surface area contributed by atoms with Crippen molar-refractivity contribution >= 4 is 39.8 Å². The molecule has 244 valence electrons. The zero-order chi connectivity index (χ0) is 32.9. The lowest BCUT2D eigenvalue weighted by Crippen LogP contribution is -2.55. The molecule has 3 aliphatic heterocycles. The quantitative estimate of drug-likeness (QED) is 0.160. The van der Waals surface area contributed by atoms with E-state index in [9.17, 15) is 14.4 Å². The molecule has 1 aromatic heterocycles. The van der Waals surface area contributed by atoms with Crippen molar-refractivity contribution in [1.29, 1.82) is 5.26 Å². The molecule has 0 radical (unpaired) electrons. The third kappa shape index (κ3) is 7.00. The summed E-state index contributed by atoms with van der Waals surface area (Å²) < 4.78 is 20.2. The topological polar surface area (TPSA) is 88.8 Å². The summed E-state index contributed by atoms with van der Waals surface area (Å²) in [4.78, 5) is 30.7. The summed E-state index contributed by atoms with van der Waals surface area (Å²) in [5, 5.41) is 12.3.